The molecule has 6 heteroatoms. The summed E-state index contributed by atoms with van der Waals surface area (Å²) in [5, 5.41) is 12.5. The largest absolute Gasteiger partial charge is 0.361 e. The van der Waals surface area contributed by atoms with Gasteiger partial charge in [-0.05, 0) is 56.2 Å². The van der Waals surface area contributed by atoms with Crippen LogP contribution in [0.4, 0.5) is 5.69 Å². The van der Waals surface area contributed by atoms with Crippen molar-refractivity contribution in [2.45, 2.75) is 25.7 Å². The number of aromatic nitrogens is 4. The van der Waals surface area contributed by atoms with E-state index in [0.717, 1.165) is 40.8 Å². The molecule has 6 nitrogen and oxygen atoms in total. The molecule has 0 saturated heterocycles. The lowest BCUT2D eigenvalue weighted by Gasteiger charge is -2.08. The quantitative estimate of drug-likeness (QED) is 0.575. The molecule has 1 saturated carbocycles. The molecule has 0 aliphatic heterocycles. The number of carbonyl (C=O) groups is 1. The van der Waals surface area contributed by atoms with Gasteiger partial charge in [0.2, 0.25) is 0 Å². The molecule has 2 N–H and O–H groups in total. The average molecular weight is 357 g/mol. The summed E-state index contributed by atoms with van der Waals surface area (Å²) >= 11 is 0. The monoisotopic (exact) mass is 357 g/mol. The maximum absolute atomic E-state index is 12.9. The van der Waals surface area contributed by atoms with E-state index < -0.39 is 0 Å². The second-order valence-corrected chi connectivity index (χ2v) is 7.08. The Hall–Kier alpha value is -3.41. The molecule has 4 aromatic rings. The minimum atomic E-state index is -0.217. The summed E-state index contributed by atoms with van der Waals surface area (Å²) in [6.45, 7) is 2.05. The molecule has 1 aliphatic rings. The van der Waals surface area contributed by atoms with Gasteiger partial charge < -0.3 is 10.3 Å². The summed E-state index contributed by atoms with van der Waals surface area (Å²) in [5.41, 5.74) is 5.22. The van der Waals surface area contributed by atoms with E-state index in [0.29, 0.717) is 11.6 Å². The molecule has 134 valence electrons. The summed E-state index contributed by atoms with van der Waals surface area (Å²) in [6, 6.07) is 15.9. The van der Waals surface area contributed by atoms with Crippen LogP contribution in [0, 0.1) is 6.92 Å². The zero-order chi connectivity index (χ0) is 18.4. The first kappa shape index (κ1) is 15.8. The van der Waals surface area contributed by atoms with Crippen molar-refractivity contribution in [2.75, 3.05) is 5.32 Å². The smallest absolute Gasteiger partial charge is 0.278 e. The van der Waals surface area contributed by atoms with Crippen LogP contribution in [-0.4, -0.2) is 25.9 Å². The van der Waals surface area contributed by atoms with Crippen molar-refractivity contribution in [1.29, 1.82) is 0 Å². The van der Waals surface area contributed by atoms with Gasteiger partial charge >= 0.3 is 0 Å². The number of amides is 1. The van der Waals surface area contributed by atoms with Crippen LogP contribution in [0.15, 0.2) is 54.7 Å². The lowest BCUT2D eigenvalue weighted by molar-refractivity contribution is 0.102. The average Bonchev–Trinajstić information content (AvgIpc) is 3.24. The summed E-state index contributed by atoms with van der Waals surface area (Å²) < 4.78 is 1.81. The van der Waals surface area contributed by atoms with Gasteiger partial charge in [-0.15, -0.1) is 5.10 Å². The minimum Gasteiger partial charge on any atom is -0.361 e. The first-order chi connectivity index (χ1) is 13.2. The fraction of sp³-hybridized carbons (Fsp3) is 0.190. The SMILES string of the molecule is Cc1ccc(-n2nnc(C(=O)Nc3ccc4[nH]ccc4c3)c2C2CC2)cc1. The van der Waals surface area contributed by atoms with Crippen LogP contribution in [0.2, 0.25) is 0 Å². The predicted molar refractivity (Wildman–Crippen MR) is 104 cm³/mol. The van der Waals surface area contributed by atoms with E-state index in [2.05, 4.69) is 20.6 Å². The number of nitrogens with one attached hydrogen (secondary N) is 2. The number of rotatable bonds is 4. The maximum atomic E-state index is 12.9. The standard InChI is InChI=1S/C21H19N5O/c1-13-2-7-17(8-3-13)26-20(14-4-5-14)19(24-25-26)21(27)23-16-6-9-18-15(12-16)10-11-22-18/h2-3,6-12,14,22H,4-5H2,1H3,(H,23,27). The van der Waals surface area contributed by atoms with Crippen LogP contribution in [0.5, 0.6) is 0 Å². The van der Waals surface area contributed by atoms with E-state index in [9.17, 15) is 4.79 Å². The molecular formula is C21H19N5O. The topological polar surface area (TPSA) is 75.6 Å². The van der Waals surface area contributed by atoms with Crippen LogP contribution in [-0.2, 0) is 0 Å². The van der Waals surface area contributed by atoms with E-state index in [1.54, 1.807) is 4.68 Å². The van der Waals surface area contributed by atoms with E-state index in [1.165, 1.54) is 5.56 Å². The van der Waals surface area contributed by atoms with Crippen LogP contribution in [0.3, 0.4) is 0 Å². The first-order valence-corrected chi connectivity index (χ1v) is 9.10. The number of hydrogen-bond donors (Lipinski definition) is 2. The summed E-state index contributed by atoms with van der Waals surface area (Å²) in [5.74, 6) is 0.124. The number of nitrogens with zero attached hydrogens (tertiary/aromatic N) is 3. The highest BCUT2D eigenvalue weighted by Gasteiger charge is 2.34. The molecule has 27 heavy (non-hydrogen) atoms. The third kappa shape index (κ3) is 2.89. The molecule has 1 aliphatic carbocycles. The molecular weight excluding hydrogens is 338 g/mol. The van der Waals surface area contributed by atoms with Gasteiger partial charge in [0.25, 0.3) is 5.91 Å². The Balaban J connectivity index is 1.48. The van der Waals surface area contributed by atoms with Gasteiger partial charge in [0.15, 0.2) is 5.69 Å². The van der Waals surface area contributed by atoms with Gasteiger partial charge in [-0.3, -0.25) is 4.79 Å². The predicted octanol–water partition coefficient (Wildman–Crippen LogP) is 4.19. The highest BCUT2D eigenvalue weighted by molar-refractivity contribution is 6.04. The van der Waals surface area contributed by atoms with Gasteiger partial charge in [-0.1, -0.05) is 22.9 Å². The Morgan fingerprint density at radius 2 is 1.96 bits per heavy atom. The van der Waals surface area contributed by atoms with Crippen molar-refractivity contribution in [1.82, 2.24) is 20.0 Å². The molecule has 5 rings (SSSR count). The lowest BCUT2D eigenvalue weighted by atomic mass is 10.1. The number of H-pyrrole nitrogens is 1. The van der Waals surface area contributed by atoms with Crippen LogP contribution < -0.4 is 5.32 Å². The second kappa shape index (κ2) is 6.09. The molecule has 0 spiro atoms. The van der Waals surface area contributed by atoms with Crippen molar-refractivity contribution >= 4 is 22.5 Å². The normalized spacial score (nSPS) is 13.8. The van der Waals surface area contributed by atoms with Gasteiger partial charge in [0.1, 0.15) is 0 Å². The fourth-order valence-electron chi connectivity index (χ4n) is 3.37. The van der Waals surface area contributed by atoms with E-state index in [1.807, 2.05) is 61.7 Å². The maximum Gasteiger partial charge on any atom is 0.278 e. The first-order valence-electron chi connectivity index (χ1n) is 9.10. The van der Waals surface area contributed by atoms with E-state index >= 15 is 0 Å². The summed E-state index contributed by atoms with van der Waals surface area (Å²) in [7, 11) is 0. The molecule has 0 bridgehead atoms. The third-order valence-electron chi connectivity index (χ3n) is 4.97. The number of anilines is 1. The second-order valence-electron chi connectivity index (χ2n) is 7.08. The zero-order valence-electron chi connectivity index (χ0n) is 14.9. The van der Waals surface area contributed by atoms with Gasteiger partial charge in [0, 0.05) is 28.7 Å². The molecule has 0 unspecified atom stereocenters. The van der Waals surface area contributed by atoms with Crippen LogP contribution >= 0.6 is 0 Å². The zero-order valence-corrected chi connectivity index (χ0v) is 14.9. The van der Waals surface area contributed by atoms with Crippen molar-refractivity contribution in [3.63, 3.8) is 0 Å². The molecule has 1 fully saturated rings. The lowest BCUT2D eigenvalue weighted by Crippen LogP contribution is -2.15. The van der Waals surface area contributed by atoms with Gasteiger partial charge in [-0.2, -0.15) is 0 Å². The molecule has 2 heterocycles. The number of hydrogen-bond acceptors (Lipinski definition) is 3. The molecule has 2 aromatic heterocycles. The Morgan fingerprint density at radius 3 is 2.74 bits per heavy atom. The molecule has 1 amide bonds. The third-order valence-corrected chi connectivity index (χ3v) is 4.97. The van der Waals surface area contributed by atoms with Crippen molar-refractivity contribution in [3.8, 4) is 5.69 Å². The molecule has 0 radical (unpaired) electrons. The van der Waals surface area contributed by atoms with Gasteiger partial charge in [-0.25, -0.2) is 4.68 Å². The van der Waals surface area contributed by atoms with Crippen LogP contribution in [0.25, 0.3) is 16.6 Å². The highest BCUT2D eigenvalue weighted by atomic mass is 16.2. The number of aryl methyl sites for hydroxylation is 1. The highest BCUT2D eigenvalue weighted by Crippen LogP contribution is 2.42. The van der Waals surface area contributed by atoms with Gasteiger partial charge in [0.05, 0.1) is 11.4 Å². The number of fused-ring (bicyclic) bond motifs is 1. The Kier molecular flexibility index (Phi) is 3.57. The number of aromatic amines is 1. The molecule has 2 aromatic carbocycles. The Bertz CT molecular complexity index is 1140. The van der Waals surface area contributed by atoms with E-state index in [4.69, 9.17) is 0 Å². The van der Waals surface area contributed by atoms with Crippen LogP contribution in [0.1, 0.15) is 40.5 Å². The Labute approximate surface area is 156 Å². The van der Waals surface area contributed by atoms with E-state index in [-0.39, 0.29) is 5.91 Å². The molecule has 0 atom stereocenters. The Morgan fingerprint density at radius 1 is 1.15 bits per heavy atom. The summed E-state index contributed by atoms with van der Waals surface area (Å²) in [4.78, 5) is 16.1. The van der Waals surface area contributed by atoms with Crippen molar-refractivity contribution < 1.29 is 4.79 Å². The summed E-state index contributed by atoms with van der Waals surface area (Å²) in [6.07, 6.45) is 4.01. The van der Waals surface area contributed by atoms with Crippen molar-refractivity contribution in [2.24, 2.45) is 0 Å². The number of benzene rings is 2. The minimum absolute atomic E-state index is 0.217. The fourth-order valence-corrected chi connectivity index (χ4v) is 3.37. The number of carbonyl (C=O) groups excluding carboxylic acids is 1. The van der Waals surface area contributed by atoms with Crippen molar-refractivity contribution in [3.05, 3.63) is 71.7 Å².